The highest BCUT2D eigenvalue weighted by Gasteiger charge is 2.61. The first-order valence-corrected chi connectivity index (χ1v) is 10.7. The molecule has 2 aromatic rings. The molecule has 2 amide bonds. The fraction of sp³-hybridized carbons (Fsp3) is 0.417. The Morgan fingerprint density at radius 2 is 1.67 bits per heavy atom. The van der Waals surface area contributed by atoms with Gasteiger partial charge in [0.2, 0.25) is 5.91 Å². The van der Waals surface area contributed by atoms with Crippen LogP contribution in [-0.2, 0) is 14.4 Å². The second-order valence-electron chi connectivity index (χ2n) is 8.00. The molecule has 2 aromatic carbocycles. The van der Waals surface area contributed by atoms with Gasteiger partial charge in [0, 0.05) is 0 Å². The van der Waals surface area contributed by atoms with Gasteiger partial charge in [-0.3, -0.25) is 14.4 Å². The number of fused-ring (bicyclic) bond motifs is 1. The van der Waals surface area contributed by atoms with Gasteiger partial charge in [-0.05, 0) is 48.7 Å². The summed E-state index contributed by atoms with van der Waals surface area (Å²) in [4.78, 5) is 34.0. The molecule has 2 heterocycles. The monoisotopic (exact) mass is 410 g/mol. The number of anilines is 2. The quantitative estimate of drug-likeness (QED) is 0.620. The van der Waals surface area contributed by atoms with Crippen LogP contribution in [0.4, 0.5) is 15.8 Å². The maximum absolute atomic E-state index is 13.5. The van der Waals surface area contributed by atoms with Crippen molar-refractivity contribution in [3.05, 3.63) is 60.4 Å². The minimum absolute atomic E-state index is 0.213. The Balaban J connectivity index is 1.71. The average molecular weight is 410 g/mol. The maximum Gasteiger partial charge on any atom is 0.266 e. The minimum Gasteiger partial charge on any atom is -0.273 e. The molecule has 0 aromatic heterocycles. The first-order chi connectivity index (χ1) is 14.6. The van der Waals surface area contributed by atoms with Crippen molar-refractivity contribution in [1.29, 1.82) is 0 Å². The van der Waals surface area contributed by atoms with Crippen LogP contribution in [0.25, 0.3) is 0 Å². The number of amides is 2. The molecule has 2 aliphatic rings. The average Bonchev–Trinajstić information content (AvgIpc) is 3.27. The summed E-state index contributed by atoms with van der Waals surface area (Å²) in [7, 11) is 0. The number of unbranched alkanes of at least 4 members (excludes halogenated alkanes) is 1. The van der Waals surface area contributed by atoms with Crippen LogP contribution in [0.2, 0.25) is 0 Å². The summed E-state index contributed by atoms with van der Waals surface area (Å²) in [5.74, 6) is -1.43. The summed E-state index contributed by atoms with van der Waals surface area (Å²) in [6.07, 6.45) is 3.12. The molecule has 5 nitrogen and oxygen atoms in total. The number of benzene rings is 2. The third kappa shape index (κ3) is 3.49. The van der Waals surface area contributed by atoms with Crippen LogP contribution in [0.3, 0.4) is 0 Å². The highest BCUT2D eigenvalue weighted by atomic mass is 19.1. The largest absolute Gasteiger partial charge is 0.273 e. The normalized spacial score (nSPS) is 24.4. The van der Waals surface area contributed by atoms with Crippen LogP contribution in [0.15, 0.2) is 54.6 Å². The van der Waals surface area contributed by atoms with Crippen LogP contribution in [0, 0.1) is 17.7 Å². The number of halogens is 1. The Morgan fingerprint density at radius 1 is 0.967 bits per heavy atom. The summed E-state index contributed by atoms with van der Waals surface area (Å²) in [5, 5.41) is 1.79. The molecule has 158 valence electrons. The van der Waals surface area contributed by atoms with Gasteiger partial charge < -0.3 is 0 Å². The predicted molar refractivity (Wildman–Crippen MR) is 113 cm³/mol. The SMILES string of the molecule is CCCC[C@H](CC)[C@@H]1[C@H]2C(=O)N(c3ccc(F)cc3)C(=O)[C@@H]2ON1c1ccccc1. The van der Waals surface area contributed by atoms with E-state index in [2.05, 4.69) is 13.8 Å². The standard InChI is InChI=1S/C24H27FN2O3/c1-3-5-9-16(4-2)21-20-22(30-27(21)19-10-7-6-8-11-19)24(29)26(23(20)28)18-14-12-17(25)13-15-18/h6-8,10-16,20-22H,3-5,9H2,1-2H3/t16-,20+,21+,22+/m0/s1. The molecule has 2 aliphatic heterocycles. The molecule has 6 heteroatoms. The van der Waals surface area contributed by atoms with Crippen LogP contribution < -0.4 is 9.96 Å². The molecule has 0 bridgehead atoms. The highest BCUT2D eigenvalue weighted by molar-refractivity contribution is 6.23. The number of hydrogen-bond donors (Lipinski definition) is 0. The fourth-order valence-corrected chi connectivity index (χ4v) is 4.66. The van der Waals surface area contributed by atoms with Crippen molar-refractivity contribution in [3.8, 4) is 0 Å². The van der Waals surface area contributed by atoms with Crippen LogP contribution >= 0.6 is 0 Å². The number of hydrogen-bond acceptors (Lipinski definition) is 4. The second kappa shape index (κ2) is 8.56. The zero-order valence-electron chi connectivity index (χ0n) is 17.3. The molecule has 2 saturated heterocycles. The molecular weight excluding hydrogens is 383 g/mol. The van der Waals surface area contributed by atoms with Crippen LogP contribution in [0.1, 0.15) is 39.5 Å². The third-order valence-corrected chi connectivity index (χ3v) is 6.19. The molecule has 0 saturated carbocycles. The first-order valence-electron chi connectivity index (χ1n) is 10.7. The molecule has 0 N–H and O–H groups in total. The molecule has 4 rings (SSSR count). The molecule has 0 aliphatic carbocycles. The van der Waals surface area contributed by atoms with E-state index in [1.165, 1.54) is 24.3 Å². The maximum atomic E-state index is 13.5. The topological polar surface area (TPSA) is 49.9 Å². The van der Waals surface area contributed by atoms with Gasteiger partial charge in [0.1, 0.15) is 5.82 Å². The Labute approximate surface area is 176 Å². The number of para-hydroxylation sites is 1. The van der Waals surface area contributed by atoms with Gasteiger partial charge in [0.25, 0.3) is 5.91 Å². The summed E-state index contributed by atoms with van der Waals surface area (Å²) < 4.78 is 13.3. The lowest BCUT2D eigenvalue weighted by Gasteiger charge is -2.33. The number of nitrogens with zero attached hydrogens (tertiary/aromatic N) is 2. The molecule has 30 heavy (non-hydrogen) atoms. The summed E-state index contributed by atoms with van der Waals surface area (Å²) >= 11 is 0. The van der Waals surface area contributed by atoms with Crippen molar-refractivity contribution < 1.29 is 18.8 Å². The molecular formula is C24H27FN2O3. The lowest BCUT2D eigenvalue weighted by Crippen LogP contribution is -2.44. The lowest BCUT2D eigenvalue weighted by atomic mass is 9.82. The number of carbonyl (C=O) groups excluding carboxylic acids is 2. The van der Waals surface area contributed by atoms with E-state index in [0.29, 0.717) is 5.69 Å². The van der Waals surface area contributed by atoms with Crippen LogP contribution in [-0.4, -0.2) is 24.0 Å². The van der Waals surface area contributed by atoms with Crippen molar-refractivity contribution >= 4 is 23.2 Å². The zero-order chi connectivity index (χ0) is 21.3. The van der Waals surface area contributed by atoms with Crippen molar-refractivity contribution in [3.63, 3.8) is 0 Å². The van der Waals surface area contributed by atoms with E-state index in [-0.39, 0.29) is 23.8 Å². The molecule has 0 spiro atoms. The van der Waals surface area contributed by atoms with Gasteiger partial charge in [-0.25, -0.2) is 14.4 Å². The Bertz CT molecular complexity index is 902. The summed E-state index contributed by atoms with van der Waals surface area (Å²) in [6, 6.07) is 14.9. The number of carbonyl (C=O) groups is 2. The van der Waals surface area contributed by atoms with Crippen molar-refractivity contribution in [2.24, 2.45) is 11.8 Å². The number of rotatable bonds is 7. The Kier molecular flexibility index (Phi) is 5.86. The van der Waals surface area contributed by atoms with Gasteiger partial charge in [-0.15, -0.1) is 0 Å². The smallest absolute Gasteiger partial charge is 0.266 e. The molecule has 2 fully saturated rings. The van der Waals surface area contributed by atoms with Crippen molar-refractivity contribution in [2.45, 2.75) is 51.7 Å². The highest BCUT2D eigenvalue weighted by Crippen LogP contribution is 2.44. The summed E-state index contributed by atoms with van der Waals surface area (Å²) in [6.45, 7) is 4.27. The van der Waals surface area contributed by atoms with Gasteiger partial charge in [-0.2, -0.15) is 0 Å². The van der Waals surface area contributed by atoms with Crippen molar-refractivity contribution in [1.82, 2.24) is 0 Å². The zero-order valence-corrected chi connectivity index (χ0v) is 17.3. The van der Waals surface area contributed by atoms with Crippen LogP contribution in [0.5, 0.6) is 0 Å². The Morgan fingerprint density at radius 3 is 2.30 bits per heavy atom. The Hall–Kier alpha value is -2.73. The summed E-state index contributed by atoms with van der Waals surface area (Å²) in [5.41, 5.74) is 1.23. The fourth-order valence-electron chi connectivity index (χ4n) is 4.66. The molecule has 0 unspecified atom stereocenters. The molecule has 4 atom stereocenters. The third-order valence-electron chi connectivity index (χ3n) is 6.19. The van der Waals surface area contributed by atoms with E-state index < -0.39 is 17.8 Å². The first kappa shape index (κ1) is 20.5. The van der Waals surface area contributed by atoms with Gasteiger partial charge in [0.15, 0.2) is 6.10 Å². The number of imide groups is 1. The minimum atomic E-state index is -0.858. The molecule has 0 radical (unpaired) electrons. The predicted octanol–water partition coefficient (Wildman–Crippen LogP) is 4.72. The second-order valence-corrected chi connectivity index (χ2v) is 8.00. The van der Waals surface area contributed by atoms with E-state index in [0.717, 1.165) is 36.3 Å². The van der Waals surface area contributed by atoms with Gasteiger partial charge in [-0.1, -0.05) is 51.3 Å². The van der Waals surface area contributed by atoms with Crippen molar-refractivity contribution in [2.75, 3.05) is 9.96 Å². The van der Waals surface area contributed by atoms with Gasteiger partial charge >= 0.3 is 0 Å². The van der Waals surface area contributed by atoms with E-state index in [1.54, 1.807) is 5.06 Å². The lowest BCUT2D eigenvalue weighted by molar-refractivity contribution is -0.126. The van der Waals surface area contributed by atoms with E-state index in [4.69, 9.17) is 4.84 Å². The van der Waals surface area contributed by atoms with E-state index >= 15 is 0 Å². The van der Waals surface area contributed by atoms with E-state index in [1.807, 2.05) is 30.3 Å². The number of hydroxylamine groups is 1. The van der Waals surface area contributed by atoms with E-state index in [9.17, 15) is 14.0 Å². The van der Waals surface area contributed by atoms with Gasteiger partial charge in [0.05, 0.1) is 23.3 Å².